The zero-order valence-electron chi connectivity index (χ0n) is 32.6. The Morgan fingerprint density at radius 3 is 2.29 bits per heavy atom. The van der Waals surface area contributed by atoms with Gasteiger partial charge >= 0.3 is 5.97 Å². The second kappa shape index (κ2) is 19.2. The zero-order valence-corrected chi connectivity index (χ0v) is 32.6. The molecule has 0 spiro atoms. The summed E-state index contributed by atoms with van der Waals surface area (Å²) >= 11 is 0. The Bertz CT molecular complexity index is 1090. The van der Waals surface area contributed by atoms with Crippen LogP contribution in [0.3, 0.4) is 0 Å². The van der Waals surface area contributed by atoms with E-state index in [1.807, 2.05) is 0 Å². The summed E-state index contributed by atoms with van der Waals surface area (Å²) in [6, 6.07) is 0. The van der Waals surface area contributed by atoms with Crippen LogP contribution in [0.25, 0.3) is 0 Å². The molecule has 0 aromatic heterocycles. The molecular formula is C46H76O2. The largest absolute Gasteiger partial charge is 0.462 e. The fourth-order valence-corrected chi connectivity index (χ4v) is 10.9. The first-order valence-electron chi connectivity index (χ1n) is 20.9. The van der Waals surface area contributed by atoms with Crippen LogP contribution in [0.1, 0.15) is 177 Å². The standard InChI is InChI=1S/C46H76O2/c1-8-9-10-11-12-13-14-15-16-17-18-19-20-21-22-23-44(47)48-39-30-32-45(6)38(34-39)26-27-40-42-29-28-41(46(42,7)33-31-43(40)45)37(5)25-24-36(4)35(2)3/h9-10,12-13,15-16,26,35-37,39-43H,8,11,14,17-25,27-34H2,1-7H3. The zero-order chi connectivity index (χ0) is 34.6. The third-order valence-electron chi connectivity index (χ3n) is 14.4. The number of unbranched alkanes of at least 4 members (excludes halogenated alkanes) is 5. The highest BCUT2D eigenvalue weighted by atomic mass is 16.5. The molecule has 2 nitrogen and oxygen atoms in total. The number of carbonyl (C=O) groups is 1. The molecule has 0 bridgehead atoms. The van der Waals surface area contributed by atoms with Gasteiger partial charge in [0.1, 0.15) is 6.10 Å². The number of allylic oxidation sites excluding steroid dienone is 7. The molecule has 0 N–H and O–H groups in total. The van der Waals surface area contributed by atoms with Gasteiger partial charge in [0.15, 0.2) is 0 Å². The summed E-state index contributed by atoms with van der Waals surface area (Å²) in [4.78, 5) is 12.8. The minimum absolute atomic E-state index is 0.0430. The third kappa shape index (κ3) is 10.2. The van der Waals surface area contributed by atoms with Crippen LogP contribution >= 0.6 is 0 Å². The molecule has 272 valence electrons. The van der Waals surface area contributed by atoms with Gasteiger partial charge in [-0.1, -0.05) is 129 Å². The van der Waals surface area contributed by atoms with Gasteiger partial charge in [0.2, 0.25) is 0 Å². The molecule has 48 heavy (non-hydrogen) atoms. The van der Waals surface area contributed by atoms with E-state index in [1.54, 1.807) is 5.57 Å². The van der Waals surface area contributed by atoms with Crippen LogP contribution in [0.2, 0.25) is 0 Å². The van der Waals surface area contributed by atoms with Crippen molar-refractivity contribution in [2.75, 3.05) is 0 Å². The van der Waals surface area contributed by atoms with Crippen molar-refractivity contribution in [3.8, 4) is 0 Å². The molecule has 9 atom stereocenters. The Balaban J connectivity index is 1.14. The summed E-state index contributed by atoms with van der Waals surface area (Å²) in [6.45, 7) is 17.3. The molecule has 0 aromatic carbocycles. The van der Waals surface area contributed by atoms with E-state index >= 15 is 0 Å². The van der Waals surface area contributed by atoms with Crippen LogP contribution in [0.4, 0.5) is 0 Å². The molecule has 4 aliphatic rings. The maximum atomic E-state index is 12.8. The van der Waals surface area contributed by atoms with Crippen molar-refractivity contribution in [3.05, 3.63) is 48.1 Å². The Hall–Kier alpha value is -1.57. The smallest absolute Gasteiger partial charge is 0.306 e. The first-order valence-corrected chi connectivity index (χ1v) is 20.9. The van der Waals surface area contributed by atoms with E-state index in [0.29, 0.717) is 17.3 Å². The average molecular weight is 661 g/mol. The number of hydrogen-bond acceptors (Lipinski definition) is 2. The normalized spacial score (nSPS) is 33.2. The minimum atomic E-state index is 0.0430. The summed E-state index contributed by atoms with van der Waals surface area (Å²) in [5.74, 6) is 6.04. The van der Waals surface area contributed by atoms with Gasteiger partial charge in [-0.3, -0.25) is 4.79 Å². The Morgan fingerprint density at radius 2 is 1.54 bits per heavy atom. The maximum Gasteiger partial charge on any atom is 0.306 e. The number of fused-ring (bicyclic) bond motifs is 5. The summed E-state index contributed by atoms with van der Waals surface area (Å²) in [5, 5.41) is 0. The van der Waals surface area contributed by atoms with Gasteiger partial charge in [0.05, 0.1) is 0 Å². The van der Waals surface area contributed by atoms with Gasteiger partial charge in [-0.25, -0.2) is 0 Å². The van der Waals surface area contributed by atoms with Gasteiger partial charge < -0.3 is 4.74 Å². The lowest BCUT2D eigenvalue weighted by Crippen LogP contribution is -2.51. The molecule has 0 heterocycles. The number of carbonyl (C=O) groups excluding carboxylic acids is 1. The molecule has 4 aliphatic carbocycles. The molecule has 2 heteroatoms. The fourth-order valence-electron chi connectivity index (χ4n) is 10.9. The van der Waals surface area contributed by atoms with Crippen LogP contribution in [0.5, 0.6) is 0 Å². The summed E-state index contributed by atoms with van der Waals surface area (Å²) in [6.07, 6.45) is 40.2. The molecular weight excluding hydrogens is 585 g/mol. The van der Waals surface area contributed by atoms with E-state index in [1.165, 1.54) is 77.0 Å². The van der Waals surface area contributed by atoms with E-state index in [-0.39, 0.29) is 12.1 Å². The first-order chi connectivity index (χ1) is 23.1. The second-order valence-corrected chi connectivity index (χ2v) is 17.7. The van der Waals surface area contributed by atoms with Crippen LogP contribution in [-0.4, -0.2) is 12.1 Å². The van der Waals surface area contributed by atoms with Crippen LogP contribution < -0.4 is 0 Å². The predicted octanol–water partition coefficient (Wildman–Crippen LogP) is 13.8. The van der Waals surface area contributed by atoms with E-state index in [2.05, 4.69) is 91.0 Å². The molecule has 0 amide bonds. The predicted molar refractivity (Wildman–Crippen MR) is 207 cm³/mol. The molecule has 3 saturated carbocycles. The molecule has 3 fully saturated rings. The van der Waals surface area contributed by atoms with E-state index in [4.69, 9.17) is 4.74 Å². The van der Waals surface area contributed by atoms with Crippen molar-refractivity contribution in [1.29, 1.82) is 0 Å². The third-order valence-corrected chi connectivity index (χ3v) is 14.4. The first kappa shape index (κ1) is 39.2. The molecule has 9 unspecified atom stereocenters. The minimum Gasteiger partial charge on any atom is -0.462 e. The Morgan fingerprint density at radius 1 is 0.833 bits per heavy atom. The highest BCUT2D eigenvalue weighted by Gasteiger charge is 2.59. The Kier molecular flexibility index (Phi) is 15.6. The lowest BCUT2D eigenvalue weighted by Gasteiger charge is -2.58. The summed E-state index contributed by atoms with van der Waals surface area (Å²) < 4.78 is 6.12. The molecule has 0 saturated heterocycles. The second-order valence-electron chi connectivity index (χ2n) is 17.7. The van der Waals surface area contributed by atoms with Crippen LogP contribution in [-0.2, 0) is 9.53 Å². The molecule has 0 radical (unpaired) electrons. The van der Waals surface area contributed by atoms with Gasteiger partial charge in [-0.15, -0.1) is 0 Å². The van der Waals surface area contributed by atoms with E-state index in [9.17, 15) is 4.79 Å². The van der Waals surface area contributed by atoms with E-state index in [0.717, 1.165) is 86.4 Å². The molecule has 0 aliphatic heterocycles. The lowest BCUT2D eigenvalue weighted by atomic mass is 9.47. The van der Waals surface area contributed by atoms with Crippen molar-refractivity contribution in [2.24, 2.45) is 52.3 Å². The number of hydrogen-bond donors (Lipinski definition) is 0. The van der Waals surface area contributed by atoms with Crippen molar-refractivity contribution in [1.82, 2.24) is 0 Å². The van der Waals surface area contributed by atoms with Gasteiger partial charge in [-0.2, -0.15) is 0 Å². The topological polar surface area (TPSA) is 26.3 Å². The van der Waals surface area contributed by atoms with Crippen molar-refractivity contribution in [3.63, 3.8) is 0 Å². The van der Waals surface area contributed by atoms with Gasteiger partial charge in [0, 0.05) is 12.8 Å². The van der Waals surface area contributed by atoms with Crippen molar-refractivity contribution in [2.45, 2.75) is 183 Å². The summed E-state index contributed by atoms with van der Waals surface area (Å²) in [5.41, 5.74) is 2.49. The number of ether oxygens (including phenoxy) is 1. The number of rotatable bonds is 19. The average Bonchev–Trinajstić information content (AvgIpc) is 3.42. The number of esters is 1. The Labute approximate surface area is 298 Å². The van der Waals surface area contributed by atoms with Gasteiger partial charge in [-0.05, 0) is 136 Å². The maximum absolute atomic E-state index is 12.8. The fraction of sp³-hybridized carbons (Fsp3) is 0.804. The van der Waals surface area contributed by atoms with Crippen LogP contribution in [0, 0.1) is 52.3 Å². The van der Waals surface area contributed by atoms with Crippen molar-refractivity contribution < 1.29 is 9.53 Å². The lowest BCUT2D eigenvalue weighted by molar-refractivity contribution is -0.151. The highest BCUT2D eigenvalue weighted by Crippen LogP contribution is 2.67. The molecule has 4 rings (SSSR count). The van der Waals surface area contributed by atoms with Crippen molar-refractivity contribution >= 4 is 5.97 Å². The monoisotopic (exact) mass is 661 g/mol. The quantitative estimate of drug-likeness (QED) is 0.0783. The SMILES string of the molecule is CCC=CCC=CCC=CCCCCCCCC(=O)OC1CCC2(C)C(=CCC3C2CCC2(C)C(C(C)CCC(C)C(C)C)CCC32)C1. The van der Waals surface area contributed by atoms with Crippen LogP contribution in [0.15, 0.2) is 48.1 Å². The van der Waals surface area contributed by atoms with Gasteiger partial charge in [0.25, 0.3) is 0 Å². The highest BCUT2D eigenvalue weighted by molar-refractivity contribution is 5.69. The van der Waals surface area contributed by atoms with E-state index < -0.39 is 0 Å². The molecule has 0 aromatic rings. The summed E-state index contributed by atoms with van der Waals surface area (Å²) in [7, 11) is 0.